The minimum absolute atomic E-state index is 0.475. The molecular formula is C18H24N4O4S2. The van der Waals surface area contributed by atoms with Gasteiger partial charge >= 0.3 is 20.4 Å². The molecule has 2 aromatic carbocycles. The lowest BCUT2D eigenvalue weighted by Gasteiger charge is -2.13. The summed E-state index contributed by atoms with van der Waals surface area (Å²) in [6, 6.07) is 13.9. The van der Waals surface area contributed by atoms with Crippen LogP contribution in [0.2, 0.25) is 0 Å². The largest absolute Gasteiger partial charge is 0.301 e. The maximum atomic E-state index is 11.8. The van der Waals surface area contributed by atoms with Crippen molar-refractivity contribution in [2.75, 3.05) is 37.6 Å². The molecule has 0 spiro atoms. The van der Waals surface area contributed by atoms with Gasteiger partial charge in [0, 0.05) is 39.6 Å². The van der Waals surface area contributed by atoms with E-state index in [0.29, 0.717) is 11.4 Å². The number of hydrogen-bond acceptors (Lipinski definition) is 4. The van der Waals surface area contributed by atoms with Gasteiger partial charge in [0.1, 0.15) is 0 Å². The van der Waals surface area contributed by atoms with Gasteiger partial charge < -0.3 is 0 Å². The Bertz CT molecular complexity index is 942. The van der Waals surface area contributed by atoms with Crippen molar-refractivity contribution in [2.24, 2.45) is 0 Å². The van der Waals surface area contributed by atoms with E-state index in [0.717, 1.165) is 19.7 Å². The summed E-state index contributed by atoms with van der Waals surface area (Å²) in [4.78, 5) is 0. The van der Waals surface area contributed by atoms with Gasteiger partial charge in [0.05, 0.1) is 0 Å². The van der Waals surface area contributed by atoms with Gasteiger partial charge in [0.25, 0.3) is 0 Å². The minimum Gasteiger partial charge on any atom is -0.271 e. The van der Waals surface area contributed by atoms with Gasteiger partial charge in [-0.05, 0) is 35.4 Å². The van der Waals surface area contributed by atoms with Crippen LogP contribution >= 0.6 is 0 Å². The van der Waals surface area contributed by atoms with Crippen LogP contribution in [0.5, 0.6) is 0 Å². The highest BCUT2D eigenvalue weighted by molar-refractivity contribution is 7.90. The summed E-state index contributed by atoms with van der Waals surface area (Å²) in [5.74, 6) is 0. The number of nitrogens with one attached hydrogen (secondary N) is 2. The molecule has 0 radical (unpaired) electrons. The fourth-order valence-corrected chi connectivity index (χ4v) is 3.23. The molecule has 0 aliphatic heterocycles. The Labute approximate surface area is 166 Å². The lowest BCUT2D eigenvalue weighted by atomic mass is 10.1. The molecule has 10 heteroatoms. The van der Waals surface area contributed by atoms with Crippen LogP contribution in [0.4, 0.5) is 11.4 Å². The molecule has 0 unspecified atom stereocenters. The van der Waals surface area contributed by atoms with Crippen LogP contribution in [-0.2, 0) is 20.4 Å². The first-order valence-electron chi connectivity index (χ1n) is 8.28. The van der Waals surface area contributed by atoms with E-state index in [1.807, 2.05) is 12.2 Å². The van der Waals surface area contributed by atoms with Crippen molar-refractivity contribution >= 4 is 43.9 Å². The number of anilines is 2. The molecule has 0 saturated carbocycles. The van der Waals surface area contributed by atoms with Gasteiger partial charge in [-0.1, -0.05) is 36.4 Å². The van der Waals surface area contributed by atoms with Crippen molar-refractivity contribution in [3.63, 3.8) is 0 Å². The van der Waals surface area contributed by atoms with E-state index in [-0.39, 0.29) is 0 Å². The molecule has 2 N–H and O–H groups in total. The molecule has 0 bridgehead atoms. The summed E-state index contributed by atoms with van der Waals surface area (Å²) in [5.41, 5.74) is 2.74. The van der Waals surface area contributed by atoms with E-state index < -0.39 is 20.4 Å². The second kappa shape index (κ2) is 8.74. The maximum absolute atomic E-state index is 11.8. The van der Waals surface area contributed by atoms with Crippen molar-refractivity contribution in [3.05, 3.63) is 59.7 Å². The fraction of sp³-hybridized carbons (Fsp3) is 0.222. The molecule has 0 aliphatic rings. The molecule has 0 amide bonds. The number of hydrogen-bond donors (Lipinski definition) is 2. The van der Waals surface area contributed by atoms with Crippen molar-refractivity contribution < 1.29 is 16.8 Å². The summed E-state index contributed by atoms with van der Waals surface area (Å²) in [5, 5.41) is 0. The molecule has 0 heterocycles. The van der Waals surface area contributed by atoms with E-state index in [1.165, 1.54) is 28.2 Å². The number of rotatable bonds is 8. The molecular weight excluding hydrogens is 400 g/mol. The lowest BCUT2D eigenvalue weighted by molar-refractivity contribution is 0.525. The van der Waals surface area contributed by atoms with E-state index in [4.69, 9.17) is 0 Å². The Morgan fingerprint density at radius 3 is 1.14 bits per heavy atom. The zero-order valence-corrected chi connectivity index (χ0v) is 17.8. The molecule has 2 rings (SSSR count). The van der Waals surface area contributed by atoms with E-state index in [2.05, 4.69) is 9.44 Å². The fourth-order valence-electron chi connectivity index (χ4n) is 2.00. The van der Waals surface area contributed by atoms with Crippen LogP contribution in [0, 0.1) is 0 Å². The lowest BCUT2D eigenvalue weighted by Crippen LogP contribution is -2.28. The molecule has 0 saturated heterocycles. The van der Waals surface area contributed by atoms with Crippen LogP contribution in [0.25, 0.3) is 12.2 Å². The molecule has 0 aliphatic carbocycles. The Hall–Kier alpha value is -2.40. The highest BCUT2D eigenvalue weighted by Crippen LogP contribution is 2.16. The molecule has 8 nitrogen and oxygen atoms in total. The van der Waals surface area contributed by atoms with Gasteiger partial charge in [0.2, 0.25) is 0 Å². The predicted molar refractivity (Wildman–Crippen MR) is 114 cm³/mol. The Balaban J connectivity index is 2.04. The van der Waals surface area contributed by atoms with Crippen LogP contribution in [0.15, 0.2) is 48.5 Å². The van der Waals surface area contributed by atoms with E-state index in [1.54, 1.807) is 48.5 Å². The van der Waals surface area contributed by atoms with Crippen molar-refractivity contribution in [1.82, 2.24) is 8.61 Å². The molecule has 2 aromatic rings. The topological polar surface area (TPSA) is 98.8 Å². The third kappa shape index (κ3) is 6.06. The van der Waals surface area contributed by atoms with Crippen molar-refractivity contribution in [3.8, 4) is 0 Å². The average Bonchev–Trinajstić information content (AvgIpc) is 2.61. The van der Waals surface area contributed by atoms with Crippen molar-refractivity contribution in [1.29, 1.82) is 0 Å². The van der Waals surface area contributed by atoms with Gasteiger partial charge in [-0.15, -0.1) is 0 Å². The van der Waals surface area contributed by atoms with Gasteiger partial charge in [-0.25, -0.2) is 0 Å². The summed E-state index contributed by atoms with van der Waals surface area (Å²) in [6.45, 7) is 0. The predicted octanol–water partition coefficient (Wildman–Crippen LogP) is 2.29. The summed E-state index contributed by atoms with van der Waals surface area (Å²) in [7, 11) is -1.24. The second-order valence-electron chi connectivity index (χ2n) is 6.36. The zero-order chi connectivity index (χ0) is 20.9. The molecule has 0 aromatic heterocycles. The summed E-state index contributed by atoms with van der Waals surface area (Å²) in [6.07, 6.45) is 3.76. The van der Waals surface area contributed by atoms with E-state index in [9.17, 15) is 16.8 Å². The first-order valence-corrected chi connectivity index (χ1v) is 11.2. The average molecular weight is 425 g/mol. The zero-order valence-electron chi connectivity index (χ0n) is 16.1. The van der Waals surface area contributed by atoms with Crippen molar-refractivity contribution in [2.45, 2.75) is 0 Å². The molecule has 152 valence electrons. The highest BCUT2D eigenvalue weighted by Gasteiger charge is 2.13. The Morgan fingerprint density at radius 2 is 0.893 bits per heavy atom. The van der Waals surface area contributed by atoms with Crippen LogP contribution in [-0.4, -0.2) is 53.6 Å². The summed E-state index contributed by atoms with van der Waals surface area (Å²) < 4.78 is 54.3. The van der Waals surface area contributed by atoms with Crippen LogP contribution in [0.1, 0.15) is 11.1 Å². The minimum atomic E-state index is -3.53. The van der Waals surface area contributed by atoms with Gasteiger partial charge in [0.15, 0.2) is 0 Å². The van der Waals surface area contributed by atoms with E-state index >= 15 is 0 Å². The smallest absolute Gasteiger partial charge is 0.271 e. The third-order valence-electron chi connectivity index (χ3n) is 3.74. The molecule has 28 heavy (non-hydrogen) atoms. The number of benzene rings is 2. The first-order chi connectivity index (χ1) is 13.0. The molecule has 0 atom stereocenters. The van der Waals surface area contributed by atoms with Gasteiger partial charge in [-0.3, -0.25) is 9.44 Å². The molecule has 0 fully saturated rings. The Kier molecular flexibility index (Phi) is 6.83. The van der Waals surface area contributed by atoms with Gasteiger partial charge in [-0.2, -0.15) is 25.4 Å². The normalized spacial score (nSPS) is 12.6. The first kappa shape index (κ1) is 21.9. The highest BCUT2D eigenvalue weighted by atomic mass is 32.2. The monoisotopic (exact) mass is 424 g/mol. The third-order valence-corrected chi connectivity index (χ3v) is 6.65. The second-order valence-corrected chi connectivity index (χ2v) is 10.1. The standard InChI is InChI=1S/C18H24N4O4S2/c1-21(2)27(23,24)19-17-11-7-15(8-12-17)5-6-16-9-13-18(14-10-16)20-28(25,26)22(3)4/h5-14,19-20H,1-4H3. The number of nitrogens with zero attached hydrogens (tertiary/aromatic N) is 2. The quantitative estimate of drug-likeness (QED) is 0.635. The summed E-state index contributed by atoms with van der Waals surface area (Å²) >= 11 is 0. The Morgan fingerprint density at radius 1 is 0.607 bits per heavy atom. The van der Waals surface area contributed by atoms with Crippen LogP contribution in [0.3, 0.4) is 0 Å². The van der Waals surface area contributed by atoms with Crippen LogP contribution < -0.4 is 9.44 Å². The SMILES string of the molecule is CN(C)S(=O)(=O)Nc1ccc(C=Cc2ccc(NS(=O)(=O)N(C)C)cc2)cc1. The maximum Gasteiger partial charge on any atom is 0.301 e.